The summed E-state index contributed by atoms with van der Waals surface area (Å²) in [4.78, 5) is 9.55. The van der Waals surface area contributed by atoms with Crippen molar-refractivity contribution in [2.45, 2.75) is 26.4 Å². The first-order valence-electron chi connectivity index (χ1n) is 2.40. The summed E-state index contributed by atoms with van der Waals surface area (Å²) in [5.41, 5.74) is 0. The van der Waals surface area contributed by atoms with Gasteiger partial charge in [-0.2, -0.15) is 0 Å². The van der Waals surface area contributed by atoms with Gasteiger partial charge in [0.25, 0.3) is 6.47 Å². The van der Waals surface area contributed by atoms with E-state index in [4.69, 9.17) is 0 Å². The van der Waals surface area contributed by atoms with Crippen LogP contribution in [0.15, 0.2) is 0 Å². The molecule has 0 fully saturated rings. The third-order valence-corrected chi connectivity index (χ3v) is 0.863. The molecular formula is C5H12MgO2. The van der Waals surface area contributed by atoms with Gasteiger partial charge in [0, 0.05) is 0 Å². The van der Waals surface area contributed by atoms with Crippen molar-refractivity contribution in [3.05, 3.63) is 0 Å². The Hall–Kier alpha value is 0.236. The predicted octanol–water partition coefficient (Wildman–Crippen LogP) is 0.802. The van der Waals surface area contributed by atoms with Gasteiger partial charge in [-0.15, -0.1) is 0 Å². The zero-order chi connectivity index (χ0) is 5.70. The maximum atomic E-state index is 9.55. The molecule has 0 aromatic carbocycles. The molecule has 2 nitrogen and oxygen atoms in total. The third kappa shape index (κ3) is 6.24. The maximum absolute atomic E-state index is 9.55. The zero-order valence-corrected chi connectivity index (χ0v) is 6.80. The molecule has 0 N–H and O–H groups in total. The van der Waals surface area contributed by atoms with Crippen LogP contribution in [-0.2, 0) is 9.53 Å². The molecule has 0 aliphatic carbocycles. The molecule has 0 aromatic heterocycles. The predicted molar refractivity (Wildman–Crippen MR) is 34.9 cm³/mol. The minimum atomic E-state index is 0. The van der Waals surface area contributed by atoms with E-state index in [0.29, 0.717) is 6.47 Å². The average Bonchev–Trinajstić information content (AvgIpc) is 1.68. The minimum Gasteiger partial charge on any atom is -1.00 e. The van der Waals surface area contributed by atoms with E-state index < -0.39 is 0 Å². The fraction of sp³-hybridized carbons (Fsp3) is 0.800. The van der Waals surface area contributed by atoms with Crippen molar-refractivity contribution in [3.8, 4) is 0 Å². The second kappa shape index (κ2) is 7.24. The monoisotopic (exact) mass is 128 g/mol. The third-order valence-electron chi connectivity index (χ3n) is 0.863. The Bertz CT molecular complexity index is 63.6. The molecule has 1 atom stereocenters. The van der Waals surface area contributed by atoms with Gasteiger partial charge in [-0.25, -0.2) is 0 Å². The van der Waals surface area contributed by atoms with Gasteiger partial charge in [-0.1, -0.05) is 6.92 Å². The summed E-state index contributed by atoms with van der Waals surface area (Å²) in [5, 5.41) is 0. The Morgan fingerprint density at radius 1 is 1.88 bits per heavy atom. The molecule has 0 aliphatic rings. The molecule has 0 saturated carbocycles. The summed E-state index contributed by atoms with van der Waals surface area (Å²) in [5.74, 6) is 0. The van der Waals surface area contributed by atoms with Crippen LogP contribution in [0.3, 0.4) is 0 Å². The summed E-state index contributed by atoms with van der Waals surface area (Å²) in [6.45, 7) is 4.30. The molecule has 0 aromatic rings. The Labute approximate surface area is 68.7 Å². The van der Waals surface area contributed by atoms with Crippen LogP contribution in [0, 0.1) is 0 Å². The first-order chi connectivity index (χ1) is 3.31. The fourth-order valence-corrected chi connectivity index (χ4v) is 0.191. The van der Waals surface area contributed by atoms with E-state index in [1.54, 1.807) is 0 Å². The van der Waals surface area contributed by atoms with Crippen LogP contribution in [0.2, 0.25) is 0 Å². The van der Waals surface area contributed by atoms with Crippen LogP contribution in [0.1, 0.15) is 23.1 Å². The number of hydrogen-bond donors (Lipinski definition) is 0. The Balaban J connectivity index is -0.0000000600. The van der Waals surface area contributed by atoms with Gasteiger partial charge in [0.2, 0.25) is 0 Å². The smallest absolute Gasteiger partial charge is 1.00 e. The van der Waals surface area contributed by atoms with Crippen molar-refractivity contribution in [2.24, 2.45) is 0 Å². The standard InChI is InChI=1S/C5H10O2.Mg.2H/c1-3-5(2)7-4-6;;;/h4-5H,3H2,1-2H3;;;/q;+2;2*-1. The first kappa shape index (κ1) is 11.1. The van der Waals surface area contributed by atoms with Crippen LogP contribution in [0.25, 0.3) is 0 Å². The van der Waals surface area contributed by atoms with E-state index in [0.717, 1.165) is 6.42 Å². The minimum absolute atomic E-state index is 0. The number of carbonyl (C=O) groups excluding carboxylic acids is 1. The summed E-state index contributed by atoms with van der Waals surface area (Å²) in [7, 11) is 0. The molecule has 0 amide bonds. The van der Waals surface area contributed by atoms with Crippen molar-refractivity contribution in [2.75, 3.05) is 0 Å². The van der Waals surface area contributed by atoms with Crippen molar-refractivity contribution in [1.82, 2.24) is 0 Å². The molecule has 1 unspecified atom stereocenters. The summed E-state index contributed by atoms with van der Waals surface area (Å²) in [6.07, 6.45) is 0.969. The van der Waals surface area contributed by atoms with Crippen LogP contribution < -0.4 is 0 Å². The van der Waals surface area contributed by atoms with E-state index in [-0.39, 0.29) is 32.0 Å². The van der Waals surface area contributed by atoms with Gasteiger partial charge in [0.15, 0.2) is 0 Å². The van der Waals surface area contributed by atoms with Gasteiger partial charge in [-0.3, -0.25) is 4.79 Å². The van der Waals surface area contributed by atoms with Crippen molar-refractivity contribution in [3.63, 3.8) is 0 Å². The van der Waals surface area contributed by atoms with Gasteiger partial charge in [0.05, 0.1) is 6.10 Å². The summed E-state index contributed by atoms with van der Waals surface area (Å²) >= 11 is 0. The van der Waals surface area contributed by atoms with E-state index in [1.165, 1.54) is 0 Å². The topological polar surface area (TPSA) is 26.3 Å². The second-order valence-corrected chi connectivity index (χ2v) is 1.45. The Kier molecular flexibility index (Phi) is 10.0. The molecule has 0 aliphatic heterocycles. The Morgan fingerprint density at radius 2 is 2.38 bits per heavy atom. The van der Waals surface area contributed by atoms with E-state index in [2.05, 4.69) is 4.74 Å². The number of hydrogen-bond acceptors (Lipinski definition) is 2. The second-order valence-electron chi connectivity index (χ2n) is 1.45. The fourth-order valence-electron chi connectivity index (χ4n) is 0.191. The van der Waals surface area contributed by atoms with E-state index >= 15 is 0 Å². The van der Waals surface area contributed by atoms with E-state index in [1.807, 2.05) is 13.8 Å². The number of ether oxygens (including phenoxy) is 1. The Morgan fingerprint density at radius 3 is 2.50 bits per heavy atom. The molecule has 46 valence electrons. The molecule has 0 rings (SSSR count). The van der Waals surface area contributed by atoms with Gasteiger partial charge in [-0.05, 0) is 13.3 Å². The molecule has 0 spiro atoms. The normalized spacial score (nSPS) is 11.2. The molecular weight excluding hydrogens is 116 g/mol. The first-order valence-corrected chi connectivity index (χ1v) is 2.40. The van der Waals surface area contributed by atoms with Gasteiger partial charge < -0.3 is 7.59 Å². The summed E-state index contributed by atoms with van der Waals surface area (Å²) < 4.78 is 4.51. The van der Waals surface area contributed by atoms with E-state index in [9.17, 15) is 4.79 Å². The largest absolute Gasteiger partial charge is 2.00 e. The van der Waals surface area contributed by atoms with Crippen molar-refractivity contribution >= 4 is 29.5 Å². The van der Waals surface area contributed by atoms with Crippen LogP contribution in [0.4, 0.5) is 0 Å². The number of rotatable bonds is 3. The average molecular weight is 128 g/mol. The molecule has 0 radical (unpaired) electrons. The molecule has 3 heteroatoms. The SMILES string of the molecule is CCC(C)OC=O.[H-].[H-].[Mg+2]. The summed E-state index contributed by atoms with van der Waals surface area (Å²) in [6, 6.07) is 0. The zero-order valence-electron chi connectivity index (χ0n) is 7.39. The van der Waals surface area contributed by atoms with Crippen molar-refractivity contribution < 1.29 is 12.4 Å². The van der Waals surface area contributed by atoms with Crippen LogP contribution in [-0.4, -0.2) is 35.6 Å². The van der Waals surface area contributed by atoms with Crippen LogP contribution >= 0.6 is 0 Å². The van der Waals surface area contributed by atoms with Crippen LogP contribution in [0.5, 0.6) is 0 Å². The molecule has 0 saturated heterocycles. The van der Waals surface area contributed by atoms with Gasteiger partial charge >= 0.3 is 23.1 Å². The quantitative estimate of drug-likeness (QED) is 0.415. The maximum Gasteiger partial charge on any atom is 2.00 e. The van der Waals surface area contributed by atoms with Crippen molar-refractivity contribution in [1.29, 1.82) is 0 Å². The molecule has 0 heterocycles. The molecule has 0 bridgehead atoms. The van der Waals surface area contributed by atoms with Gasteiger partial charge in [0.1, 0.15) is 0 Å². The number of carbonyl (C=O) groups is 1. The molecule has 8 heavy (non-hydrogen) atoms.